The van der Waals surface area contributed by atoms with Crippen molar-refractivity contribution in [3.8, 4) is 0 Å². The van der Waals surface area contributed by atoms with Gasteiger partial charge in [-0.15, -0.1) is 0 Å². The number of fused-ring (bicyclic) bond motifs is 1. The number of carbonyl (C=O) groups excluding carboxylic acids is 1. The summed E-state index contributed by atoms with van der Waals surface area (Å²) in [5.41, 5.74) is 2.69. The lowest BCUT2D eigenvalue weighted by molar-refractivity contribution is 0.0941. The summed E-state index contributed by atoms with van der Waals surface area (Å²) < 4.78 is 13.5. The molecule has 0 aliphatic heterocycles. The second-order valence-corrected chi connectivity index (χ2v) is 7.26. The van der Waals surface area contributed by atoms with Gasteiger partial charge in [-0.25, -0.2) is 0 Å². The van der Waals surface area contributed by atoms with Crippen molar-refractivity contribution < 1.29 is 9.00 Å². The predicted molar refractivity (Wildman–Crippen MR) is 97.6 cm³/mol. The minimum absolute atomic E-state index is 0.0950. The van der Waals surface area contributed by atoms with Crippen molar-refractivity contribution in [2.24, 2.45) is 7.05 Å². The molecule has 2 atom stereocenters. The van der Waals surface area contributed by atoms with Crippen molar-refractivity contribution in [3.05, 3.63) is 65.9 Å². The first-order chi connectivity index (χ1) is 11.5. The molecule has 0 saturated heterocycles. The number of amides is 1. The van der Waals surface area contributed by atoms with Gasteiger partial charge in [-0.1, -0.05) is 18.2 Å². The molecule has 1 heterocycles. The third-order valence-corrected chi connectivity index (χ3v) is 5.17. The maximum Gasteiger partial charge on any atom is 0.252 e. The number of aryl methyl sites for hydroxylation is 1. The molecule has 24 heavy (non-hydrogen) atoms. The maximum absolute atomic E-state index is 12.7. The molecular weight excluding hydrogens is 320 g/mol. The van der Waals surface area contributed by atoms with Gasteiger partial charge >= 0.3 is 0 Å². The van der Waals surface area contributed by atoms with Crippen LogP contribution in [0.3, 0.4) is 0 Å². The van der Waals surface area contributed by atoms with Gasteiger partial charge in [-0.2, -0.15) is 0 Å². The van der Waals surface area contributed by atoms with E-state index < -0.39 is 10.8 Å². The number of hydrogen-bond acceptors (Lipinski definition) is 2. The molecule has 124 valence electrons. The number of benzene rings is 2. The smallest absolute Gasteiger partial charge is 0.252 e. The number of carbonyl (C=O) groups is 1. The van der Waals surface area contributed by atoms with E-state index in [4.69, 9.17) is 0 Å². The lowest BCUT2D eigenvalue weighted by Crippen LogP contribution is -2.26. The van der Waals surface area contributed by atoms with Crippen molar-refractivity contribution in [1.29, 1.82) is 0 Å². The molecule has 0 unspecified atom stereocenters. The van der Waals surface area contributed by atoms with E-state index in [9.17, 15) is 9.00 Å². The zero-order chi connectivity index (χ0) is 17.3. The van der Waals surface area contributed by atoms with Crippen LogP contribution < -0.4 is 5.32 Å². The average molecular weight is 340 g/mol. The Balaban J connectivity index is 1.81. The topological polar surface area (TPSA) is 51.1 Å². The van der Waals surface area contributed by atoms with Gasteiger partial charge in [0, 0.05) is 51.7 Å². The van der Waals surface area contributed by atoms with Gasteiger partial charge in [0.2, 0.25) is 0 Å². The van der Waals surface area contributed by atoms with Crippen LogP contribution in [0.5, 0.6) is 0 Å². The summed E-state index contributed by atoms with van der Waals surface area (Å²) in [5, 5.41) is 3.98. The Labute approximate surface area is 143 Å². The van der Waals surface area contributed by atoms with E-state index in [1.807, 2.05) is 73.3 Å². The Morgan fingerprint density at radius 3 is 2.50 bits per heavy atom. The van der Waals surface area contributed by atoms with E-state index >= 15 is 0 Å². The van der Waals surface area contributed by atoms with E-state index in [-0.39, 0.29) is 11.9 Å². The first kappa shape index (κ1) is 16.5. The highest BCUT2D eigenvalue weighted by atomic mass is 32.2. The number of aromatic nitrogens is 1. The summed E-state index contributed by atoms with van der Waals surface area (Å²) in [7, 11) is 0.970. The van der Waals surface area contributed by atoms with E-state index in [0.29, 0.717) is 5.56 Å². The fourth-order valence-corrected chi connectivity index (χ4v) is 3.33. The second-order valence-electron chi connectivity index (χ2n) is 5.88. The fourth-order valence-electron chi connectivity index (χ4n) is 2.81. The van der Waals surface area contributed by atoms with Gasteiger partial charge in [0.05, 0.1) is 6.04 Å². The van der Waals surface area contributed by atoms with Crippen molar-refractivity contribution in [2.45, 2.75) is 17.9 Å². The Bertz CT molecular complexity index is 913. The van der Waals surface area contributed by atoms with E-state index in [2.05, 4.69) is 5.32 Å². The van der Waals surface area contributed by atoms with Crippen LogP contribution in [0.25, 0.3) is 10.9 Å². The van der Waals surface area contributed by atoms with Crippen molar-refractivity contribution in [2.75, 3.05) is 6.26 Å². The third kappa shape index (κ3) is 3.12. The van der Waals surface area contributed by atoms with Crippen molar-refractivity contribution in [3.63, 3.8) is 0 Å². The van der Waals surface area contributed by atoms with E-state index in [1.165, 1.54) is 0 Å². The summed E-state index contributed by atoms with van der Waals surface area (Å²) >= 11 is 0. The van der Waals surface area contributed by atoms with Crippen molar-refractivity contribution in [1.82, 2.24) is 9.88 Å². The Kier molecular flexibility index (Phi) is 4.53. The molecule has 0 aliphatic rings. The predicted octanol–water partition coefficient (Wildman–Crippen LogP) is 3.41. The number of hydrogen-bond donors (Lipinski definition) is 1. The molecule has 1 aromatic heterocycles. The fraction of sp³-hybridized carbons (Fsp3) is 0.211. The Morgan fingerprint density at radius 1 is 1.12 bits per heavy atom. The average Bonchev–Trinajstić information content (AvgIpc) is 2.96. The summed E-state index contributed by atoms with van der Waals surface area (Å²) in [4.78, 5) is 13.4. The van der Waals surface area contributed by atoms with Crippen LogP contribution in [-0.2, 0) is 17.8 Å². The summed E-state index contributed by atoms with van der Waals surface area (Å²) in [6, 6.07) is 15.1. The van der Waals surface area contributed by atoms with E-state index in [1.54, 1.807) is 6.26 Å². The monoisotopic (exact) mass is 340 g/mol. The van der Waals surface area contributed by atoms with Crippen LogP contribution in [0, 0.1) is 0 Å². The first-order valence-electron chi connectivity index (χ1n) is 7.75. The molecule has 0 spiro atoms. The van der Waals surface area contributed by atoms with Gasteiger partial charge in [0.1, 0.15) is 0 Å². The number of nitrogens with zero attached hydrogens (tertiary/aromatic N) is 1. The first-order valence-corrected chi connectivity index (χ1v) is 9.31. The molecule has 1 N–H and O–H groups in total. The molecule has 3 rings (SSSR count). The van der Waals surface area contributed by atoms with Gasteiger partial charge < -0.3 is 9.88 Å². The maximum atomic E-state index is 12.7. The summed E-state index contributed by atoms with van der Waals surface area (Å²) in [6.45, 7) is 1.95. The minimum Gasteiger partial charge on any atom is -0.351 e. The highest BCUT2D eigenvalue weighted by molar-refractivity contribution is 7.84. The van der Waals surface area contributed by atoms with Gasteiger partial charge in [0.25, 0.3) is 5.91 Å². The number of rotatable bonds is 4. The largest absolute Gasteiger partial charge is 0.351 e. The molecule has 0 aliphatic carbocycles. The molecule has 2 aromatic carbocycles. The van der Waals surface area contributed by atoms with Crippen LogP contribution in [0.15, 0.2) is 59.6 Å². The van der Waals surface area contributed by atoms with Crippen LogP contribution >= 0.6 is 0 Å². The minimum atomic E-state index is -0.994. The molecule has 0 radical (unpaired) electrons. The van der Waals surface area contributed by atoms with Crippen LogP contribution in [0.1, 0.15) is 28.9 Å². The molecule has 4 nitrogen and oxygen atoms in total. The lowest BCUT2D eigenvalue weighted by Gasteiger charge is -2.15. The molecular formula is C19H20N2O2S. The molecule has 5 heteroatoms. The summed E-state index contributed by atoms with van der Waals surface area (Å²) in [5.74, 6) is -0.0950. The highest BCUT2D eigenvalue weighted by Gasteiger charge is 2.15. The SMILES string of the molecule is C[C@H](NC(=O)c1cccc2c1ccn2C)c1ccc([S@@](C)=O)cc1. The molecule has 0 fully saturated rings. The van der Waals surface area contributed by atoms with Crippen LogP contribution in [0.2, 0.25) is 0 Å². The van der Waals surface area contributed by atoms with Crippen LogP contribution in [0.4, 0.5) is 0 Å². The van der Waals surface area contributed by atoms with Gasteiger partial charge in [-0.05, 0) is 42.8 Å². The Hall–Kier alpha value is -2.40. The lowest BCUT2D eigenvalue weighted by atomic mass is 10.1. The number of nitrogens with one attached hydrogen (secondary N) is 1. The highest BCUT2D eigenvalue weighted by Crippen LogP contribution is 2.21. The quantitative estimate of drug-likeness (QED) is 0.791. The molecule has 3 aromatic rings. The van der Waals surface area contributed by atoms with Crippen LogP contribution in [-0.4, -0.2) is 20.9 Å². The normalized spacial score (nSPS) is 13.6. The second kappa shape index (κ2) is 6.61. The molecule has 1 amide bonds. The summed E-state index contributed by atoms with van der Waals surface area (Å²) in [6.07, 6.45) is 3.61. The standard InChI is InChI=1S/C19H20N2O2S/c1-13(14-7-9-15(10-8-14)24(3)23)20-19(22)17-5-4-6-18-16(17)11-12-21(18)2/h4-13H,1-3H3,(H,20,22)/t13-,24+/m0/s1. The van der Waals surface area contributed by atoms with Gasteiger partial charge in [0.15, 0.2) is 0 Å². The third-order valence-electron chi connectivity index (χ3n) is 4.23. The zero-order valence-corrected chi connectivity index (χ0v) is 14.8. The van der Waals surface area contributed by atoms with E-state index in [0.717, 1.165) is 21.4 Å². The molecule has 0 saturated carbocycles. The Morgan fingerprint density at radius 2 is 1.83 bits per heavy atom. The molecule has 0 bridgehead atoms. The zero-order valence-electron chi connectivity index (χ0n) is 13.9. The van der Waals surface area contributed by atoms with Gasteiger partial charge in [-0.3, -0.25) is 9.00 Å². The van der Waals surface area contributed by atoms with Crippen molar-refractivity contribution >= 4 is 27.6 Å².